The number of benzene rings is 1. The van der Waals surface area contributed by atoms with Crippen molar-refractivity contribution in [2.24, 2.45) is 0 Å². The van der Waals surface area contributed by atoms with Crippen molar-refractivity contribution in [2.45, 2.75) is 6.10 Å². The first-order valence-electron chi connectivity index (χ1n) is 11.8. The number of hydrogen-bond acceptors (Lipinski definition) is 10. The van der Waals surface area contributed by atoms with Crippen molar-refractivity contribution in [3.8, 4) is 34.3 Å². The van der Waals surface area contributed by atoms with Crippen molar-refractivity contribution in [1.29, 1.82) is 0 Å². The molecule has 0 aliphatic rings. The first-order valence-corrected chi connectivity index (χ1v) is 11.8. The van der Waals surface area contributed by atoms with E-state index in [1.807, 2.05) is 42.5 Å². The van der Waals surface area contributed by atoms with Gasteiger partial charge in [-0.3, -0.25) is 0 Å². The fourth-order valence-corrected chi connectivity index (χ4v) is 3.51. The molecular formula is C26H35N5O5. The first-order chi connectivity index (χ1) is 17.6. The molecule has 2 aromatic heterocycles. The quantitative estimate of drug-likeness (QED) is 0.324. The number of rotatable bonds is 15. The van der Waals surface area contributed by atoms with Gasteiger partial charge in [0.25, 0.3) is 0 Å². The molecule has 0 spiro atoms. The van der Waals surface area contributed by atoms with Crippen molar-refractivity contribution in [2.75, 3.05) is 72.7 Å². The van der Waals surface area contributed by atoms with Crippen LogP contribution in [0.25, 0.3) is 22.6 Å². The third kappa shape index (κ3) is 7.85. The van der Waals surface area contributed by atoms with Crippen LogP contribution in [0.2, 0.25) is 0 Å². The molecule has 3 rings (SSSR count). The molecule has 0 aliphatic carbocycles. The molecule has 1 atom stereocenters. The van der Waals surface area contributed by atoms with E-state index >= 15 is 0 Å². The van der Waals surface area contributed by atoms with E-state index in [4.69, 9.17) is 28.9 Å². The van der Waals surface area contributed by atoms with E-state index in [0.29, 0.717) is 50.3 Å². The van der Waals surface area contributed by atoms with Gasteiger partial charge in [0.15, 0.2) is 5.82 Å². The van der Waals surface area contributed by atoms with E-state index < -0.39 is 6.10 Å². The Morgan fingerprint density at radius 2 is 1.75 bits per heavy atom. The number of ether oxygens (including phenoxy) is 4. The molecule has 3 aromatic rings. The highest BCUT2D eigenvalue weighted by Gasteiger charge is 2.15. The zero-order valence-corrected chi connectivity index (χ0v) is 21.3. The number of nitrogens with zero attached hydrogens (tertiary/aromatic N) is 4. The average molecular weight is 498 g/mol. The second-order valence-electron chi connectivity index (χ2n) is 8.04. The molecule has 1 aromatic carbocycles. The van der Waals surface area contributed by atoms with Gasteiger partial charge in [-0.05, 0) is 25.2 Å². The normalized spacial score (nSPS) is 11.8. The summed E-state index contributed by atoms with van der Waals surface area (Å²) in [4.78, 5) is 16.1. The van der Waals surface area contributed by atoms with E-state index in [9.17, 15) is 5.11 Å². The predicted molar refractivity (Wildman–Crippen MR) is 139 cm³/mol. The van der Waals surface area contributed by atoms with Gasteiger partial charge in [-0.1, -0.05) is 12.1 Å². The van der Waals surface area contributed by atoms with Crippen LogP contribution in [0.4, 0.5) is 5.82 Å². The summed E-state index contributed by atoms with van der Waals surface area (Å²) in [5.74, 6) is 2.41. The second kappa shape index (κ2) is 14.3. The third-order valence-corrected chi connectivity index (χ3v) is 5.38. The lowest BCUT2D eigenvalue weighted by Gasteiger charge is -2.24. The summed E-state index contributed by atoms with van der Waals surface area (Å²) < 4.78 is 21.8. The number of pyridine rings is 1. The standard InChI is InChI=1S/C26H35N5O5/c1-27-17-21(32)18-36-22-7-5-6-20(14-22)26-29-23(19-8-9-28-25(15-19)35-4)16-24(30-26)31(10-12-33-2)11-13-34-3/h5-9,14-16,21,27,32H,10-13,17-18H2,1-4H3. The number of methoxy groups -OCH3 is 3. The Kier molecular flexibility index (Phi) is 10.8. The molecule has 194 valence electrons. The molecule has 0 amide bonds. The van der Waals surface area contributed by atoms with Crippen molar-refractivity contribution in [1.82, 2.24) is 20.3 Å². The summed E-state index contributed by atoms with van der Waals surface area (Å²) in [5.41, 5.74) is 2.37. The van der Waals surface area contributed by atoms with Crippen LogP contribution in [0, 0.1) is 0 Å². The van der Waals surface area contributed by atoms with Crippen molar-refractivity contribution < 1.29 is 24.1 Å². The molecule has 0 fully saturated rings. The van der Waals surface area contributed by atoms with E-state index in [1.165, 1.54) is 0 Å². The van der Waals surface area contributed by atoms with Crippen LogP contribution in [-0.4, -0.2) is 94.0 Å². The molecule has 0 saturated heterocycles. The smallest absolute Gasteiger partial charge is 0.213 e. The minimum Gasteiger partial charge on any atom is -0.491 e. The van der Waals surface area contributed by atoms with E-state index in [1.54, 1.807) is 34.6 Å². The lowest BCUT2D eigenvalue weighted by molar-refractivity contribution is 0.108. The predicted octanol–water partition coefficient (Wildman–Crippen LogP) is 2.27. The van der Waals surface area contributed by atoms with Crippen molar-refractivity contribution in [3.05, 3.63) is 48.7 Å². The van der Waals surface area contributed by atoms with Crippen LogP contribution < -0.4 is 19.7 Å². The SMILES string of the molecule is CNCC(O)COc1cccc(-c2nc(-c3ccnc(OC)c3)cc(N(CCOC)CCOC)n2)c1. The van der Waals surface area contributed by atoms with Gasteiger partial charge in [-0.15, -0.1) is 0 Å². The Balaban J connectivity index is 2.02. The van der Waals surface area contributed by atoms with Crippen molar-refractivity contribution >= 4 is 5.82 Å². The molecule has 2 N–H and O–H groups in total. The molecule has 0 saturated carbocycles. The highest BCUT2D eigenvalue weighted by atomic mass is 16.5. The highest BCUT2D eigenvalue weighted by molar-refractivity contribution is 5.69. The van der Waals surface area contributed by atoms with Crippen LogP contribution in [0.3, 0.4) is 0 Å². The van der Waals surface area contributed by atoms with Gasteiger partial charge in [0.1, 0.15) is 24.3 Å². The molecule has 10 heteroatoms. The van der Waals surface area contributed by atoms with Crippen LogP contribution in [0.1, 0.15) is 0 Å². The molecular weight excluding hydrogens is 462 g/mol. The van der Waals surface area contributed by atoms with Crippen molar-refractivity contribution in [3.63, 3.8) is 0 Å². The highest BCUT2D eigenvalue weighted by Crippen LogP contribution is 2.29. The molecule has 36 heavy (non-hydrogen) atoms. The number of aliphatic hydroxyl groups excluding tert-OH is 1. The number of likely N-dealkylation sites (N-methyl/N-ethyl adjacent to an activating group) is 1. The van der Waals surface area contributed by atoms with Crippen LogP contribution in [-0.2, 0) is 9.47 Å². The van der Waals surface area contributed by atoms with Gasteiger partial charge in [0.2, 0.25) is 5.88 Å². The summed E-state index contributed by atoms with van der Waals surface area (Å²) in [5, 5.41) is 12.9. The Morgan fingerprint density at radius 3 is 2.44 bits per heavy atom. The Hall–Kier alpha value is -3.31. The lowest BCUT2D eigenvalue weighted by Crippen LogP contribution is -2.31. The van der Waals surface area contributed by atoms with Crippen LogP contribution >= 0.6 is 0 Å². The summed E-state index contributed by atoms with van der Waals surface area (Å²) in [6, 6.07) is 13.2. The topological polar surface area (TPSA) is 111 Å². The number of hydrogen-bond donors (Lipinski definition) is 2. The van der Waals surface area contributed by atoms with Crippen LogP contribution in [0.5, 0.6) is 11.6 Å². The monoisotopic (exact) mass is 497 g/mol. The fourth-order valence-electron chi connectivity index (χ4n) is 3.51. The minimum atomic E-state index is -0.610. The number of anilines is 1. The molecule has 2 heterocycles. The summed E-state index contributed by atoms with van der Waals surface area (Å²) >= 11 is 0. The Morgan fingerprint density at radius 1 is 0.972 bits per heavy atom. The molecule has 0 radical (unpaired) electrons. The van der Waals surface area contributed by atoms with Crippen LogP contribution in [0.15, 0.2) is 48.7 Å². The zero-order valence-electron chi connectivity index (χ0n) is 21.3. The van der Waals surface area contributed by atoms with Gasteiger partial charge in [0.05, 0.1) is 26.0 Å². The van der Waals surface area contributed by atoms with Gasteiger partial charge in [-0.25, -0.2) is 15.0 Å². The van der Waals surface area contributed by atoms with E-state index in [-0.39, 0.29) is 6.61 Å². The van der Waals surface area contributed by atoms with Gasteiger partial charge in [-0.2, -0.15) is 0 Å². The maximum absolute atomic E-state index is 9.99. The zero-order chi connectivity index (χ0) is 25.8. The van der Waals surface area contributed by atoms with Gasteiger partial charge >= 0.3 is 0 Å². The minimum absolute atomic E-state index is 0.176. The van der Waals surface area contributed by atoms with E-state index in [2.05, 4.69) is 15.2 Å². The van der Waals surface area contributed by atoms with E-state index in [0.717, 1.165) is 22.6 Å². The summed E-state index contributed by atoms with van der Waals surface area (Å²) in [6.07, 6.45) is 1.08. The molecule has 0 aliphatic heterocycles. The van der Waals surface area contributed by atoms with Gasteiger partial charge in [0, 0.05) is 63.3 Å². The largest absolute Gasteiger partial charge is 0.491 e. The number of nitrogens with one attached hydrogen (secondary N) is 1. The van der Waals surface area contributed by atoms with Gasteiger partial charge < -0.3 is 34.3 Å². The molecule has 10 nitrogen and oxygen atoms in total. The summed E-state index contributed by atoms with van der Waals surface area (Å²) in [6.45, 7) is 2.99. The molecule has 1 unspecified atom stereocenters. The molecule has 0 bridgehead atoms. The lowest BCUT2D eigenvalue weighted by atomic mass is 10.1. The Labute approximate surface area is 212 Å². The number of aliphatic hydroxyl groups is 1. The first kappa shape index (κ1) is 27.3. The maximum Gasteiger partial charge on any atom is 0.213 e. The summed E-state index contributed by atoms with van der Waals surface area (Å²) in [7, 11) is 6.72. The maximum atomic E-state index is 9.99. The average Bonchev–Trinajstić information content (AvgIpc) is 2.92. The second-order valence-corrected chi connectivity index (χ2v) is 8.04. The number of aromatic nitrogens is 3. The Bertz CT molecular complexity index is 1080. The fraction of sp³-hybridized carbons (Fsp3) is 0.423. The third-order valence-electron chi connectivity index (χ3n) is 5.38.